The molecule has 140 valence electrons. The Kier molecular flexibility index (Phi) is 7.04. The second-order valence-corrected chi connectivity index (χ2v) is 6.23. The van der Waals surface area contributed by atoms with Gasteiger partial charge in [-0.15, -0.1) is 0 Å². The van der Waals surface area contributed by atoms with Crippen LogP contribution in [0.4, 0.5) is 4.39 Å². The largest absolute Gasteiger partial charge is 0.494 e. The summed E-state index contributed by atoms with van der Waals surface area (Å²) in [4.78, 5) is 0. The van der Waals surface area contributed by atoms with Crippen molar-refractivity contribution >= 4 is 0 Å². The first-order valence-electron chi connectivity index (χ1n) is 8.45. The van der Waals surface area contributed by atoms with Crippen LogP contribution in [-0.2, 0) is 6.54 Å². The maximum absolute atomic E-state index is 13.9. The third-order valence-corrected chi connectivity index (χ3v) is 3.99. The summed E-state index contributed by atoms with van der Waals surface area (Å²) in [6.45, 7) is 8.80. The Balaban J connectivity index is 2.04. The average molecular weight is 359 g/mol. The molecule has 2 aromatic carbocycles. The zero-order chi connectivity index (χ0) is 19.1. The summed E-state index contributed by atoms with van der Waals surface area (Å²) in [5.74, 6) is 1.24. The topological polar surface area (TPSA) is 39.7 Å². The fourth-order valence-electron chi connectivity index (χ4n) is 2.49. The van der Waals surface area contributed by atoms with Crippen LogP contribution in [0.5, 0.6) is 17.2 Å². The number of methoxy groups -OCH3 is 2. The third kappa shape index (κ3) is 5.23. The maximum atomic E-state index is 13.9. The van der Waals surface area contributed by atoms with E-state index in [1.54, 1.807) is 13.2 Å². The van der Waals surface area contributed by atoms with Crippen LogP contribution in [0.15, 0.2) is 48.6 Å². The van der Waals surface area contributed by atoms with Crippen molar-refractivity contribution in [1.29, 1.82) is 0 Å². The molecule has 0 saturated heterocycles. The molecule has 26 heavy (non-hydrogen) atoms. The average Bonchev–Trinajstić information content (AvgIpc) is 2.64. The number of hydrogen-bond acceptors (Lipinski definition) is 4. The second-order valence-electron chi connectivity index (χ2n) is 6.23. The molecule has 0 radical (unpaired) electrons. The van der Waals surface area contributed by atoms with Gasteiger partial charge in [0.05, 0.1) is 14.2 Å². The van der Waals surface area contributed by atoms with Crippen LogP contribution in [0, 0.1) is 5.82 Å². The molecule has 0 aliphatic heterocycles. The van der Waals surface area contributed by atoms with E-state index in [1.807, 2.05) is 38.1 Å². The number of benzene rings is 2. The quantitative estimate of drug-likeness (QED) is 0.662. The van der Waals surface area contributed by atoms with Gasteiger partial charge in [-0.2, -0.15) is 0 Å². The van der Waals surface area contributed by atoms with Gasteiger partial charge in [0.2, 0.25) is 0 Å². The Morgan fingerprint density at radius 2 is 1.77 bits per heavy atom. The first-order chi connectivity index (χ1) is 12.4. The highest BCUT2D eigenvalue weighted by Gasteiger charge is 2.11. The van der Waals surface area contributed by atoms with E-state index < -0.39 is 0 Å². The van der Waals surface area contributed by atoms with Crippen molar-refractivity contribution in [3.63, 3.8) is 0 Å². The molecule has 2 aromatic rings. The molecule has 1 atom stereocenters. The third-order valence-electron chi connectivity index (χ3n) is 3.99. The van der Waals surface area contributed by atoms with Crippen molar-refractivity contribution in [2.75, 3.05) is 20.8 Å². The maximum Gasteiger partial charge on any atom is 0.165 e. The number of ether oxygens (including phenoxy) is 3. The van der Waals surface area contributed by atoms with Gasteiger partial charge in [-0.05, 0) is 54.8 Å². The summed E-state index contributed by atoms with van der Waals surface area (Å²) in [6.07, 6.45) is 0. The highest BCUT2D eigenvalue weighted by molar-refractivity contribution is 5.43. The van der Waals surface area contributed by atoms with Crippen LogP contribution in [0.3, 0.4) is 0 Å². The van der Waals surface area contributed by atoms with E-state index in [0.717, 1.165) is 16.7 Å². The van der Waals surface area contributed by atoms with Gasteiger partial charge in [0.25, 0.3) is 0 Å². The standard InChI is InChI=1S/C21H26FNO3/c1-14(2)13-26-21-10-16(6-8-20(21)25-5)12-23-15(3)17-7-9-19(24-4)18(22)11-17/h6-11,15,23H,1,12-13H2,2-5H3. The molecule has 2 rings (SSSR count). The highest BCUT2D eigenvalue weighted by atomic mass is 19.1. The van der Waals surface area contributed by atoms with Crippen molar-refractivity contribution in [3.05, 3.63) is 65.5 Å². The van der Waals surface area contributed by atoms with Gasteiger partial charge in [0.1, 0.15) is 6.61 Å². The minimum absolute atomic E-state index is 0.0164. The molecule has 0 fully saturated rings. The van der Waals surface area contributed by atoms with Gasteiger partial charge in [-0.1, -0.05) is 18.7 Å². The SMILES string of the molecule is C=C(C)COc1cc(CNC(C)c2ccc(OC)c(F)c2)ccc1OC. The number of rotatable bonds is 9. The van der Waals surface area contributed by atoms with Crippen LogP contribution >= 0.6 is 0 Å². The van der Waals surface area contributed by atoms with Crippen molar-refractivity contribution < 1.29 is 18.6 Å². The van der Waals surface area contributed by atoms with Gasteiger partial charge in [0.15, 0.2) is 23.1 Å². The van der Waals surface area contributed by atoms with Crippen molar-refractivity contribution in [2.24, 2.45) is 0 Å². The molecule has 5 heteroatoms. The zero-order valence-corrected chi connectivity index (χ0v) is 15.8. The minimum Gasteiger partial charge on any atom is -0.494 e. The monoisotopic (exact) mass is 359 g/mol. The van der Waals surface area contributed by atoms with E-state index in [4.69, 9.17) is 14.2 Å². The lowest BCUT2D eigenvalue weighted by molar-refractivity contribution is 0.319. The van der Waals surface area contributed by atoms with E-state index >= 15 is 0 Å². The van der Waals surface area contributed by atoms with Crippen molar-refractivity contribution in [2.45, 2.75) is 26.4 Å². The molecule has 1 unspecified atom stereocenters. The zero-order valence-electron chi connectivity index (χ0n) is 15.8. The molecule has 0 bridgehead atoms. The van der Waals surface area contributed by atoms with E-state index in [0.29, 0.717) is 24.7 Å². The number of nitrogens with one attached hydrogen (secondary N) is 1. The molecule has 0 saturated carbocycles. The van der Waals surface area contributed by atoms with Gasteiger partial charge >= 0.3 is 0 Å². The summed E-state index contributed by atoms with van der Waals surface area (Å²) in [5, 5.41) is 3.39. The summed E-state index contributed by atoms with van der Waals surface area (Å²) in [6, 6.07) is 10.8. The van der Waals surface area contributed by atoms with Gasteiger partial charge in [-0.25, -0.2) is 4.39 Å². The molecule has 4 nitrogen and oxygen atoms in total. The Labute approximate surface area is 154 Å². The molecule has 0 aromatic heterocycles. The highest BCUT2D eigenvalue weighted by Crippen LogP contribution is 2.29. The van der Waals surface area contributed by atoms with Crippen LogP contribution in [-0.4, -0.2) is 20.8 Å². The lowest BCUT2D eigenvalue weighted by Gasteiger charge is -2.17. The molecule has 1 N–H and O–H groups in total. The van der Waals surface area contributed by atoms with Crippen molar-refractivity contribution in [3.8, 4) is 17.2 Å². The predicted molar refractivity (Wildman–Crippen MR) is 102 cm³/mol. The Hall–Kier alpha value is -2.53. The van der Waals surface area contributed by atoms with Crippen LogP contribution in [0.2, 0.25) is 0 Å². The number of halogens is 1. The Bertz CT molecular complexity index is 761. The second kappa shape index (κ2) is 9.25. The van der Waals surface area contributed by atoms with Gasteiger partial charge in [0, 0.05) is 12.6 Å². The molecule has 0 aliphatic carbocycles. The molecule has 0 aliphatic rings. The molecular formula is C21H26FNO3. The van der Waals surface area contributed by atoms with E-state index in [1.165, 1.54) is 13.2 Å². The lowest BCUT2D eigenvalue weighted by atomic mass is 10.1. The first kappa shape index (κ1) is 19.8. The predicted octanol–water partition coefficient (Wildman–Crippen LogP) is 4.65. The first-order valence-corrected chi connectivity index (χ1v) is 8.45. The summed E-state index contributed by atoms with van der Waals surface area (Å²) in [7, 11) is 3.07. The number of hydrogen-bond donors (Lipinski definition) is 1. The summed E-state index contributed by atoms with van der Waals surface area (Å²) >= 11 is 0. The van der Waals surface area contributed by atoms with Gasteiger partial charge < -0.3 is 19.5 Å². The normalized spacial score (nSPS) is 11.7. The summed E-state index contributed by atoms with van der Waals surface area (Å²) < 4.78 is 29.9. The molecule has 0 spiro atoms. The lowest BCUT2D eigenvalue weighted by Crippen LogP contribution is -2.18. The van der Waals surface area contributed by atoms with Crippen LogP contribution in [0.25, 0.3) is 0 Å². The van der Waals surface area contributed by atoms with Crippen LogP contribution in [0.1, 0.15) is 31.0 Å². The fraction of sp³-hybridized carbons (Fsp3) is 0.333. The van der Waals surface area contributed by atoms with E-state index in [9.17, 15) is 4.39 Å². The van der Waals surface area contributed by atoms with E-state index in [-0.39, 0.29) is 17.6 Å². The fourth-order valence-corrected chi connectivity index (χ4v) is 2.49. The minimum atomic E-state index is -0.362. The van der Waals surface area contributed by atoms with Crippen molar-refractivity contribution in [1.82, 2.24) is 5.32 Å². The molecule has 0 heterocycles. The molecular weight excluding hydrogens is 333 g/mol. The Morgan fingerprint density at radius 3 is 2.38 bits per heavy atom. The smallest absolute Gasteiger partial charge is 0.165 e. The van der Waals surface area contributed by atoms with Gasteiger partial charge in [-0.3, -0.25) is 0 Å². The summed E-state index contributed by atoms with van der Waals surface area (Å²) in [5.41, 5.74) is 2.84. The Morgan fingerprint density at radius 1 is 1.08 bits per heavy atom. The molecule has 0 amide bonds. The van der Waals surface area contributed by atoms with E-state index in [2.05, 4.69) is 11.9 Å². The van der Waals surface area contributed by atoms with Crippen LogP contribution < -0.4 is 19.5 Å².